The molecule has 1 atom stereocenters. The smallest absolute Gasteiger partial charge is 0.156 e. The topological polar surface area (TPSA) is 71.1 Å². The molecule has 1 fully saturated rings. The van der Waals surface area contributed by atoms with E-state index in [-0.39, 0.29) is 6.04 Å². The Kier molecular flexibility index (Phi) is 6.29. The van der Waals surface area contributed by atoms with E-state index in [1.165, 1.54) is 0 Å². The number of hydrogen-bond donors (Lipinski definition) is 2. The molecule has 1 saturated heterocycles. The standard InChI is InChI=1S/C12H25N3O2/c1-10(2)5-8-17-9-7-15-6-3-4-11(15)12(13)14-16/h10-11,16H,3-9H2,1-2H3,(H2,13,14). The van der Waals surface area contributed by atoms with Gasteiger partial charge in [0.05, 0.1) is 12.6 Å². The highest BCUT2D eigenvalue weighted by molar-refractivity contribution is 5.85. The van der Waals surface area contributed by atoms with Crippen LogP contribution in [0.4, 0.5) is 0 Å². The SMILES string of the molecule is CC(C)CCOCCN1CCCC1C(N)=NO. The molecule has 1 heterocycles. The van der Waals surface area contributed by atoms with Crippen LogP contribution in [-0.4, -0.2) is 48.3 Å². The van der Waals surface area contributed by atoms with Crippen molar-refractivity contribution < 1.29 is 9.94 Å². The van der Waals surface area contributed by atoms with Crippen LogP contribution in [0.25, 0.3) is 0 Å². The van der Waals surface area contributed by atoms with Gasteiger partial charge in [0.2, 0.25) is 0 Å². The number of nitrogens with two attached hydrogens (primary N) is 1. The molecular weight excluding hydrogens is 218 g/mol. The lowest BCUT2D eigenvalue weighted by Gasteiger charge is -2.23. The van der Waals surface area contributed by atoms with Gasteiger partial charge < -0.3 is 15.7 Å². The number of oxime groups is 1. The summed E-state index contributed by atoms with van der Waals surface area (Å²) < 4.78 is 5.58. The quantitative estimate of drug-likeness (QED) is 0.232. The monoisotopic (exact) mass is 243 g/mol. The summed E-state index contributed by atoms with van der Waals surface area (Å²) in [5.41, 5.74) is 5.66. The van der Waals surface area contributed by atoms with Crippen LogP contribution in [0, 0.1) is 5.92 Å². The molecule has 1 aliphatic rings. The van der Waals surface area contributed by atoms with Gasteiger partial charge in [-0.25, -0.2) is 0 Å². The molecule has 0 aromatic heterocycles. The Balaban J connectivity index is 2.18. The highest BCUT2D eigenvalue weighted by Crippen LogP contribution is 2.16. The first-order chi connectivity index (χ1) is 8.15. The number of likely N-dealkylation sites (tertiary alicyclic amines) is 1. The maximum Gasteiger partial charge on any atom is 0.156 e. The lowest BCUT2D eigenvalue weighted by molar-refractivity contribution is 0.0982. The Morgan fingerprint density at radius 2 is 2.29 bits per heavy atom. The average molecular weight is 243 g/mol. The second-order valence-electron chi connectivity index (χ2n) is 5.01. The van der Waals surface area contributed by atoms with Crippen molar-refractivity contribution in [3.8, 4) is 0 Å². The fourth-order valence-corrected chi connectivity index (χ4v) is 2.10. The van der Waals surface area contributed by atoms with Gasteiger partial charge in [-0.05, 0) is 31.7 Å². The van der Waals surface area contributed by atoms with Crippen LogP contribution >= 0.6 is 0 Å². The second-order valence-corrected chi connectivity index (χ2v) is 5.01. The van der Waals surface area contributed by atoms with E-state index in [2.05, 4.69) is 23.9 Å². The Hall–Kier alpha value is -0.810. The van der Waals surface area contributed by atoms with Crippen molar-refractivity contribution in [3.63, 3.8) is 0 Å². The fourth-order valence-electron chi connectivity index (χ4n) is 2.10. The van der Waals surface area contributed by atoms with E-state index >= 15 is 0 Å². The Morgan fingerprint density at radius 1 is 1.53 bits per heavy atom. The van der Waals surface area contributed by atoms with Gasteiger partial charge in [0, 0.05) is 13.2 Å². The lowest BCUT2D eigenvalue weighted by Crippen LogP contribution is -2.42. The summed E-state index contributed by atoms with van der Waals surface area (Å²) in [5, 5.41) is 11.8. The van der Waals surface area contributed by atoms with Crippen LogP contribution in [0.15, 0.2) is 5.16 Å². The molecule has 0 saturated carbocycles. The van der Waals surface area contributed by atoms with Crippen molar-refractivity contribution in [1.82, 2.24) is 4.90 Å². The molecule has 1 rings (SSSR count). The molecule has 5 heteroatoms. The molecule has 0 aromatic rings. The third kappa shape index (κ3) is 4.91. The van der Waals surface area contributed by atoms with Crippen LogP contribution in [0.2, 0.25) is 0 Å². The summed E-state index contributed by atoms with van der Waals surface area (Å²) in [6.45, 7) is 7.80. The Bertz CT molecular complexity index is 244. The Morgan fingerprint density at radius 3 is 2.94 bits per heavy atom. The predicted octanol–water partition coefficient (Wildman–Crippen LogP) is 1.26. The predicted molar refractivity (Wildman–Crippen MR) is 68.3 cm³/mol. The summed E-state index contributed by atoms with van der Waals surface area (Å²) in [7, 11) is 0. The van der Waals surface area contributed by atoms with Crippen LogP contribution < -0.4 is 5.73 Å². The number of amidine groups is 1. The molecule has 5 nitrogen and oxygen atoms in total. The van der Waals surface area contributed by atoms with Gasteiger partial charge in [-0.15, -0.1) is 0 Å². The molecule has 0 aromatic carbocycles. The summed E-state index contributed by atoms with van der Waals surface area (Å²) in [6.07, 6.45) is 3.18. The minimum Gasteiger partial charge on any atom is -0.409 e. The van der Waals surface area contributed by atoms with Crippen LogP contribution in [0.1, 0.15) is 33.1 Å². The largest absolute Gasteiger partial charge is 0.409 e. The van der Waals surface area contributed by atoms with Crippen molar-refractivity contribution >= 4 is 5.84 Å². The third-order valence-corrected chi connectivity index (χ3v) is 3.18. The maximum absolute atomic E-state index is 8.69. The first-order valence-electron chi connectivity index (χ1n) is 6.44. The molecule has 0 spiro atoms. The van der Waals surface area contributed by atoms with E-state index in [9.17, 15) is 0 Å². The van der Waals surface area contributed by atoms with E-state index in [0.29, 0.717) is 11.8 Å². The van der Waals surface area contributed by atoms with Gasteiger partial charge in [0.25, 0.3) is 0 Å². The minimum atomic E-state index is 0.0914. The van der Waals surface area contributed by atoms with Crippen molar-refractivity contribution in [1.29, 1.82) is 0 Å². The summed E-state index contributed by atoms with van der Waals surface area (Å²) in [4.78, 5) is 2.23. The highest BCUT2D eigenvalue weighted by Gasteiger charge is 2.27. The van der Waals surface area contributed by atoms with Crippen LogP contribution in [-0.2, 0) is 4.74 Å². The Labute approximate surface area is 104 Å². The van der Waals surface area contributed by atoms with Crippen LogP contribution in [0.3, 0.4) is 0 Å². The lowest BCUT2D eigenvalue weighted by atomic mass is 10.1. The highest BCUT2D eigenvalue weighted by atomic mass is 16.5. The molecule has 0 radical (unpaired) electrons. The van der Waals surface area contributed by atoms with E-state index in [4.69, 9.17) is 15.7 Å². The fraction of sp³-hybridized carbons (Fsp3) is 0.917. The van der Waals surface area contributed by atoms with E-state index in [1.807, 2.05) is 0 Å². The van der Waals surface area contributed by atoms with E-state index < -0.39 is 0 Å². The third-order valence-electron chi connectivity index (χ3n) is 3.18. The van der Waals surface area contributed by atoms with Crippen molar-refractivity contribution in [3.05, 3.63) is 0 Å². The molecule has 1 aliphatic heterocycles. The molecule has 0 amide bonds. The zero-order valence-electron chi connectivity index (χ0n) is 10.9. The number of ether oxygens (including phenoxy) is 1. The zero-order chi connectivity index (χ0) is 12.7. The second kappa shape index (κ2) is 7.50. The summed E-state index contributed by atoms with van der Waals surface area (Å²) in [6, 6.07) is 0.0914. The van der Waals surface area contributed by atoms with Crippen LogP contribution in [0.5, 0.6) is 0 Å². The molecular formula is C12H25N3O2. The van der Waals surface area contributed by atoms with Crippen molar-refractivity contribution in [2.75, 3.05) is 26.3 Å². The first-order valence-corrected chi connectivity index (χ1v) is 6.44. The zero-order valence-corrected chi connectivity index (χ0v) is 10.9. The average Bonchev–Trinajstić information content (AvgIpc) is 2.75. The van der Waals surface area contributed by atoms with Gasteiger partial charge in [0.1, 0.15) is 0 Å². The normalized spacial score (nSPS) is 22.5. The molecule has 0 bridgehead atoms. The van der Waals surface area contributed by atoms with Gasteiger partial charge in [-0.2, -0.15) is 0 Å². The number of hydrogen-bond acceptors (Lipinski definition) is 4. The summed E-state index contributed by atoms with van der Waals surface area (Å²) in [5.74, 6) is 1.01. The number of rotatable bonds is 7. The van der Waals surface area contributed by atoms with Crippen molar-refractivity contribution in [2.45, 2.75) is 39.2 Å². The van der Waals surface area contributed by atoms with Gasteiger partial charge in [-0.1, -0.05) is 19.0 Å². The van der Waals surface area contributed by atoms with Gasteiger partial charge in [-0.3, -0.25) is 4.90 Å². The maximum atomic E-state index is 8.69. The van der Waals surface area contributed by atoms with Crippen molar-refractivity contribution in [2.24, 2.45) is 16.8 Å². The minimum absolute atomic E-state index is 0.0914. The molecule has 100 valence electrons. The van der Waals surface area contributed by atoms with Gasteiger partial charge in [0.15, 0.2) is 5.84 Å². The molecule has 0 aliphatic carbocycles. The molecule has 3 N–H and O–H groups in total. The van der Waals surface area contributed by atoms with Gasteiger partial charge >= 0.3 is 0 Å². The van der Waals surface area contributed by atoms with E-state index in [0.717, 1.165) is 45.6 Å². The summed E-state index contributed by atoms with van der Waals surface area (Å²) >= 11 is 0. The molecule has 17 heavy (non-hydrogen) atoms. The first kappa shape index (κ1) is 14.3. The number of nitrogens with zero attached hydrogens (tertiary/aromatic N) is 2. The van der Waals surface area contributed by atoms with E-state index in [1.54, 1.807) is 0 Å². The molecule has 1 unspecified atom stereocenters.